The van der Waals surface area contributed by atoms with E-state index in [1.807, 2.05) is 26.0 Å². The summed E-state index contributed by atoms with van der Waals surface area (Å²) in [6.45, 7) is 5.06. The second-order valence-corrected chi connectivity index (χ2v) is 4.78. The fourth-order valence-electron chi connectivity index (χ4n) is 2.00. The van der Waals surface area contributed by atoms with E-state index in [9.17, 15) is 4.79 Å². The molecule has 0 aliphatic rings. The number of hydrogen-bond donors (Lipinski definition) is 3. The molecule has 0 saturated carbocycles. The lowest BCUT2D eigenvalue weighted by Crippen LogP contribution is -2.22. The summed E-state index contributed by atoms with van der Waals surface area (Å²) in [5.74, 6) is -0.102. The molecule has 21 heavy (non-hydrogen) atoms. The minimum absolute atomic E-state index is 0.102. The highest BCUT2D eigenvalue weighted by atomic mass is 16.1. The summed E-state index contributed by atoms with van der Waals surface area (Å²) < 4.78 is 0. The quantitative estimate of drug-likeness (QED) is 0.736. The summed E-state index contributed by atoms with van der Waals surface area (Å²) in [5.41, 5.74) is 9.96. The van der Waals surface area contributed by atoms with Gasteiger partial charge in [-0.15, -0.1) is 0 Å². The Kier molecular flexibility index (Phi) is 4.77. The van der Waals surface area contributed by atoms with Gasteiger partial charge in [0, 0.05) is 18.3 Å². The molecule has 1 amide bonds. The van der Waals surface area contributed by atoms with Gasteiger partial charge in [-0.2, -0.15) is 0 Å². The second-order valence-electron chi connectivity index (χ2n) is 4.78. The van der Waals surface area contributed by atoms with Crippen LogP contribution in [0.5, 0.6) is 0 Å². The summed E-state index contributed by atoms with van der Waals surface area (Å²) in [6, 6.07) is 9.13. The Morgan fingerprint density at radius 3 is 2.86 bits per heavy atom. The van der Waals surface area contributed by atoms with Crippen molar-refractivity contribution in [2.75, 3.05) is 17.6 Å². The van der Waals surface area contributed by atoms with Gasteiger partial charge in [0.25, 0.3) is 5.91 Å². The van der Waals surface area contributed by atoms with Crippen molar-refractivity contribution in [3.05, 3.63) is 53.3 Å². The van der Waals surface area contributed by atoms with E-state index in [4.69, 9.17) is 5.73 Å². The molecule has 0 fully saturated rings. The number of hydrogen-bond acceptors (Lipinski definition) is 4. The smallest absolute Gasteiger partial charge is 0.251 e. The van der Waals surface area contributed by atoms with Crippen LogP contribution in [0.4, 0.5) is 11.4 Å². The van der Waals surface area contributed by atoms with Crippen LogP contribution >= 0.6 is 0 Å². The van der Waals surface area contributed by atoms with E-state index in [1.165, 1.54) is 0 Å². The van der Waals surface area contributed by atoms with Crippen LogP contribution in [0.15, 0.2) is 36.5 Å². The molecule has 0 radical (unpaired) electrons. The van der Waals surface area contributed by atoms with Crippen molar-refractivity contribution >= 4 is 17.3 Å². The van der Waals surface area contributed by atoms with Crippen LogP contribution in [-0.2, 0) is 6.54 Å². The summed E-state index contributed by atoms with van der Waals surface area (Å²) in [6.07, 6.45) is 1.76. The van der Waals surface area contributed by atoms with Crippen molar-refractivity contribution in [3.63, 3.8) is 0 Å². The summed E-state index contributed by atoms with van der Waals surface area (Å²) in [4.78, 5) is 16.2. The van der Waals surface area contributed by atoms with Crippen LogP contribution in [0.1, 0.15) is 28.5 Å². The third-order valence-electron chi connectivity index (χ3n) is 3.22. The molecule has 0 aliphatic heterocycles. The molecular weight excluding hydrogens is 264 g/mol. The van der Waals surface area contributed by atoms with E-state index < -0.39 is 0 Å². The Balaban J connectivity index is 2.14. The van der Waals surface area contributed by atoms with Gasteiger partial charge in [-0.3, -0.25) is 9.78 Å². The first-order valence-electron chi connectivity index (χ1n) is 6.94. The van der Waals surface area contributed by atoms with Crippen LogP contribution in [0, 0.1) is 6.92 Å². The Labute approximate surface area is 124 Å². The number of benzene rings is 1. The lowest BCUT2D eigenvalue weighted by atomic mass is 10.1. The molecule has 4 N–H and O–H groups in total. The molecule has 2 aromatic rings. The average molecular weight is 284 g/mol. The van der Waals surface area contributed by atoms with Crippen molar-refractivity contribution in [2.24, 2.45) is 0 Å². The maximum atomic E-state index is 11.8. The first kappa shape index (κ1) is 14.8. The number of nitrogens with zero attached hydrogens (tertiary/aromatic N) is 1. The van der Waals surface area contributed by atoms with Crippen LogP contribution in [-0.4, -0.2) is 17.4 Å². The Hall–Kier alpha value is -2.56. The van der Waals surface area contributed by atoms with Gasteiger partial charge in [-0.05, 0) is 43.7 Å². The highest BCUT2D eigenvalue weighted by Crippen LogP contribution is 2.21. The molecule has 5 nitrogen and oxygen atoms in total. The van der Waals surface area contributed by atoms with Crippen LogP contribution < -0.4 is 16.4 Å². The molecule has 5 heteroatoms. The standard InChI is InChI=1S/C16H20N4O/c1-3-18-16(21)12-6-7-13(17)14(9-12)20-10-15-11(2)5-4-8-19-15/h4-9,20H,3,10,17H2,1-2H3,(H,18,21). The Morgan fingerprint density at radius 2 is 2.14 bits per heavy atom. The number of aryl methyl sites for hydroxylation is 1. The zero-order valence-electron chi connectivity index (χ0n) is 12.3. The zero-order chi connectivity index (χ0) is 15.2. The number of nitrogen functional groups attached to an aromatic ring is 1. The SMILES string of the molecule is CCNC(=O)c1ccc(N)c(NCc2ncccc2C)c1. The number of carbonyl (C=O) groups is 1. The largest absolute Gasteiger partial charge is 0.397 e. The Morgan fingerprint density at radius 1 is 1.33 bits per heavy atom. The van der Waals surface area contributed by atoms with Crippen molar-refractivity contribution in [2.45, 2.75) is 20.4 Å². The average Bonchev–Trinajstić information content (AvgIpc) is 2.48. The van der Waals surface area contributed by atoms with Gasteiger partial charge >= 0.3 is 0 Å². The normalized spacial score (nSPS) is 10.2. The molecule has 0 aliphatic carbocycles. The molecule has 1 aromatic heterocycles. The first-order valence-corrected chi connectivity index (χ1v) is 6.94. The second kappa shape index (κ2) is 6.74. The van der Waals surface area contributed by atoms with Gasteiger partial charge in [0.2, 0.25) is 0 Å². The van der Waals surface area contributed by atoms with Gasteiger partial charge in [0.05, 0.1) is 23.6 Å². The molecular formula is C16H20N4O. The van der Waals surface area contributed by atoms with Gasteiger partial charge in [0.15, 0.2) is 0 Å². The molecule has 110 valence electrons. The molecule has 0 unspecified atom stereocenters. The maximum Gasteiger partial charge on any atom is 0.251 e. The van der Waals surface area contributed by atoms with Gasteiger partial charge < -0.3 is 16.4 Å². The summed E-state index contributed by atoms with van der Waals surface area (Å²) >= 11 is 0. The van der Waals surface area contributed by atoms with Crippen molar-refractivity contribution in [1.82, 2.24) is 10.3 Å². The van der Waals surface area contributed by atoms with Crippen LogP contribution in [0.2, 0.25) is 0 Å². The molecule has 1 heterocycles. The van der Waals surface area contributed by atoms with Gasteiger partial charge in [-0.1, -0.05) is 6.07 Å². The molecule has 0 atom stereocenters. The third-order valence-corrected chi connectivity index (χ3v) is 3.22. The van der Waals surface area contributed by atoms with Crippen LogP contribution in [0.3, 0.4) is 0 Å². The maximum absolute atomic E-state index is 11.8. The number of anilines is 2. The predicted octanol–water partition coefficient (Wildman–Crippen LogP) is 2.33. The lowest BCUT2D eigenvalue weighted by Gasteiger charge is -2.12. The van der Waals surface area contributed by atoms with Crippen molar-refractivity contribution in [1.29, 1.82) is 0 Å². The Bertz CT molecular complexity index is 640. The third kappa shape index (κ3) is 3.72. The number of aromatic nitrogens is 1. The topological polar surface area (TPSA) is 80.0 Å². The van der Waals surface area contributed by atoms with E-state index in [0.29, 0.717) is 24.3 Å². The van der Waals surface area contributed by atoms with Crippen molar-refractivity contribution < 1.29 is 4.79 Å². The van der Waals surface area contributed by atoms with Crippen LogP contribution in [0.25, 0.3) is 0 Å². The van der Waals surface area contributed by atoms with E-state index in [-0.39, 0.29) is 5.91 Å². The molecule has 2 rings (SSSR count). The fraction of sp³-hybridized carbons (Fsp3) is 0.250. The molecule has 0 saturated heterocycles. The summed E-state index contributed by atoms with van der Waals surface area (Å²) in [5, 5.41) is 6.01. The number of carbonyl (C=O) groups excluding carboxylic acids is 1. The minimum Gasteiger partial charge on any atom is -0.397 e. The van der Waals surface area contributed by atoms with E-state index in [2.05, 4.69) is 15.6 Å². The van der Waals surface area contributed by atoms with Crippen molar-refractivity contribution in [3.8, 4) is 0 Å². The molecule has 0 spiro atoms. The first-order chi connectivity index (χ1) is 10.1. The van der Waals surface area contributed by atoms with Gasteiger partial charge in [0.1, 0.15) is 0 Å². The number of amides is 1. The van der Waals surface area contributed by atoms with E-state index in [0.717, 1.165) is 16.9 Å². The van der Waals surface area contributed by atoms with E-state index in [1.54, 1.807) is 24.4 Å². The highest BCUT2D eigenvalue weighted by molar-refractivity contribution is 5.96. The molecule has 1 aromatic carbocycles. The predicted molar refractivity (Wildman–Crippen MR) is 85.2 cm³/mol. The zero-order valence-corrected chi connectivity index (χ0v) is 12.3. The van der Waals surface area contributed by atoms with E-state index >= 15 is 0 Å². The number of pyridine rings is 1. The monoisotopic (exact) mass is 284 g/mol. The fourth-order valence-corrected chi connectivity index (χ4v) is 2.00. The minimum atomic E-state index is -0.102. The lowest BCUT2D eigenvalue weighted by molar-refractivity contribution is 0.0956. The number of nitrogens with two attached hydrogens (primary N) is 1. The number of rotatable bonds is 5. The highest BCUT2D eigenvalue weighted by Gasteiger charge is 2.08. The summed E-state index contributed by atoms with van der Waals surface area (Å²) in [7, 11) is 0. The van der Waals surface area contributed by atoms with Gasteiger partial charge in [-0.25, -0.2) is 0 Å². The molecule has 0 bridgehead atoms. The number of nitrogens with one attached hydrogen (secondary N) is 2.